The van der Waals surface area contributed by atoms with Crippen LogP contribution in [0.5, 0.6) is 0 Å². The Morgan fingerprint density at radius 3 is 1.94 bits per heavy atom. The van der Waals surface area contributed by atoms with E-state index in [1.54, 1.807) is 0 Å². The van der Waals surface area contributed by atoms with E-state index < -0.39 is 0 Å². The molecule has 3 heteroatoms. The van der Waals surface area contributed by atoms with Gasteiger partial charge in [0.15, 0.2) is 0 Å². The molecule has 1 aliphatic carbocycles. The van der Waals surface area contributed by atoms with Crippen molar-refractivity contribution in [3.05, 3.63) is 163 Å². The number of pyridine rings is 1. The second-order valence-corrected chi connectivity index (χ2v) is 13.3. The number of nitrogens with zero attached hydrogens (tertiary/aromatic N) is 3. The third-order valence-corrected chi connectivity index (χ3v) is 10.4. The lowest BCUT2D eigenvalue weighted by atomic mass is 9.82. The van der Waals surface area contributed by atoms with Crippen molar-refractivity contribution in [2.75, 3.05) is 0 Å². The molecule has 0 unspecified atom stereocenters. The maximum atomic E-state index is 4.93. The van der Waals surface area contributed by atoms with Crippen LogP contribution in [-0.4, -0.2) is 14.1 Å². The largest absolute Gasteiger partial charge is 0.309 e. The summed E-state index contributed by atoms with van der Waals surface area (Å²) in [6.45, 7) is 4.68. The van der Waals surface area contributed by atoms with Crippen LogP contribution in [0.1, 0.15) is 25.0 Å². The summed E-state index contributed by atoms with van der Waals surface area (Å²) in [7, 11) is 0. The fourth-order valence-corrected chi connectivity index (χ4v) is 8.13. The van der Waals surface area contributed by atoms with Gasteiger partial charge in [0.25, 0.3) is 0 Å². The minimum atomic E-state index is -0.0611. The van der Waals surface area contributed by atoms with Crippen molar-refractivity contribution in [3.63, 3.8) is 0 Å². The number of benzene rings is 6. The zero-order valence-corrected chi connectivity index (χ0v) is 26.3. The van der Waals surface area contributed by atoms with Gasteiger partial charge >= 0.3 is 0 Å². The highest BCUT2D eigenvalue weighted by Gasteiger charge is 2.35. The van der Waals surface area contributed by atoms with Gasteiger partial charge < -0.3 is 9.13 Å². The molecule has 222 valence electrons. The van der Waals surface area contributed by atoms with Gasteiger partial charge in [0.2, 0.25) is 0 Å². The fraction of sp³-hybridized carbons (Fsp3) is 0.0682. The molecule has 0 saturated carbocycles. The van der Waals surface area contributed by atoms with Crippen LogP contribution in [0.4, 0.5) is 0 Å². The fourth-order valence-electron chi connectivity index (χ4n) is 8.13. The van der Waals surface area contributed by atoms with Crippen molar-refractivity contribution in [2.45, 2.75) is 19.3 Å². The molecular weight excluding hydrogens is 571 g/mol. The molecule has 9 aromatic rings. The molecule has 0 fully saturated rings. The number of aromatic nitrogens is 3. The molecule has 0 bridgehead atoms. The number of rotatable bonds is 3. The number of hydrogen-bond acceptors (Lipinski definition) is 1. The summed E-state index contributed by atoms with van der Waals surface area (Å²) in [5, 5.41) is 3.67. The second kappa shape index (κ2) is 9.54. The minimum Gasteiger partial charge on any atom is -0.309 e. The van der Waals surface area contributed by atoms with E-state index in [0.29, 0.717) is 0 Å². The molecule has 3 heterocycles. The average molecular weight is 602 g/mol. The predicted molar refractivity (Wildman–Crippen MR) is 196 cm³/mol. The lowest BCUT2D eigenvalue weighted by molar-refractivity contribution is 0.660. The molecule has 3 nitrogen and oxygen atoms in total. The van der Waals surface area contributed by atoms with E-state index in [1.807, 2.05) is 12.3 Å². The number of para-hydroxylation sites is 2. The van der Waals surface area contributed by atoms with Gasteiger partial charge in [-0.3, -0.25) is 4.98 Å². The smallest absolute Gasteiger partial charge is 0.0963 e. The molecule has 0 atom stereocenters. The van der Waals surface area contributed by atoms with E-state index in [-0.39, 0.29) is 5.41 Å². The van der Waals surface area contributed by atoms with Gasteiger partial charge in [-0.15, -0.1) is 0 Å². The summed E-state index contributed by atoms with van der Waals surface area (Å²) < 4.78 is 4.75. The van der Waals surface area contributed by atoms with Crippen molar-refractivity contribution in [3.8, 4) is 33.6 Å². The summed E-state index contributed by atoms with van der Waals surface area (Å²) in [5.41, 5.74) is 15.8. The molecule has 3 aromatic heterocycles. The monoisotopic (exact) mass is 601 g/mol. The number of hydrogen-bond donors (Lipinski definition) is 0. The van der Waals surface area contributed by atoms with Gasteiger partial charge in [0.05, 0.1) is 27.6 Å². The summed E-state index contributed by atoms with van der Waals surface area (Å²) in [6.07, 6.45) is 1.91. The van der Waals surface area contributed by atoms with Gasteiger partial charge in [0.1, 0.15) is 0 Å². The average Bonchev–Trinajstić information content (AvgIpc) is 3.71. The highest BCUT2D eigenvalue weighted by molar-refractivity contribution is 6.12. The third kappa shape index (κ3) is 3.65. The molecule has 6 aromatic carbocycles. The van der Waals surface area contributed by atoms with Gasteiger partial charge in [-0.25, -0.2) is 0 Å². The van der Waals surface area contributed by atoms with Crippen molar-refractivity contribution in [1.82, 2.24) is 14.1 Å². The van der Waals surface area contributed by atoms with E-state index >= 15 is 0 Å². The maximum Gasteiger partial charge on any atom is 0.0963 e. The Morgan fingerprint density at radius 1 is 0.447 bits per heavy atom. The van der Waals surface area contributed by atoms with Crippen LogP contribution in [0.3, 0.4) is 0 Å². The Kier molecular flexibility index (Phi) is 5.34. The van der Waals surface area contributed by atoms with Crippen molar-refractivity contribution in [2.24, 2.45) is 0 Å². The van der Waals surface area contributed by atoms with Gasteiger partial charge in [0, 0.05) is 39.1 Å². The van der Waals surface area contributed by atoms with Crippen LogP contribution in [0.2, 0.25) is 0 Å². The summed E-state index contributed by atoms with van der Waals surface area (Å²) in [6, 6.07) is 53.1. The van der Waals surface area contributed by atoms with Crippen LogP contribution < -0.4 is 0 Å². The van der Waals surface area contributed by atoms with E-state index in [0.717, 1.165) is 21.9 Å². The summed E-state index contributed by atoms with van der Waals surface area (Å²) >= 11 is 0. The van der Waals surface area contributed by atoms with Crippen LogP contribution in [0, 0.1) is 0 Å². The molecule has 0 aliphatic heterocycles. The van der Waals surface area contributed by atoms with E-state index in [4.69, 9.17) is 4.98 Å². The van der Waals surface area contributed by atoms with Crippen LogP contribution in [0.25, 0.3) is 77.4 Å². The maximum absolute atomic E-state index is 4.93. The van der Waals surface area contributed by atoms with Crippen LogP contribution in [0.15, 0.2) is 152 Å². The Hall–Kier alpha value is -5.93. The quantitative estimate of drug-likeness (QED) is 0.198. The highest BCUT2D eigenvalue weighted by atomic mass is 15.0. The second-order valence-electron chi connectivity index (χ2n) is 13.3. The van der Waals surface area contributed by atoms with Crippen molar-refractivity contribution in [1.29, 1.82) is 0 Å². The lowest BCUT2D eigenvalue weighted by Crippen LogP contribution is -2.15. The van der Waals surface area contributed by atoms with Gasteiger partial charge in [-0.05, 0) is 100 Å². The van der Waals surface area contributed by atoms with Crippen molar-refractivity contribution >= 4 is 43.7 Å². The molecule has 47 heavy (non-hydrogen) atoms. The molecule has 0 saturated heterocycles. The third-order valence-electron chi connectivity index (χ3n) is 10.4. The molecule has 0 radical (unpaired) electrons. The van der Waals surface area contributed by atoms with E-state index in [1.165, 1.54) is 66.6 Å². The lowest BCUT2D eigenvalue weighted by Gasteiger charge is -2.22. The molecule has 1 aliphatic rings. The highest BCUT2D eigenvalue weighted by Crippen LogP contribution is 2.49. The minimum absolute atomic E-state index is 0.0611. The standard InChI is InChI=1S/C44H31N3/c1-44(2)37-15-8-6-13-32(37)33-21-20-31(27-38(33)44)47-41-23-19-29(26-36(41)43-42(47)17-10-24-45-43)28-18-22-40-35(25-28)34-14-7-9-16-39(34)46(40)30-11-4-3-5-12-30/h3-27H,1-2H3. The first-order chi connectivity index (χ1) is 23.1. The van der Waals surface area contributed by atoms with E-state index in [2.05, 4.69) is 163 Å². The van der Waals surface area contributed by atoms with Gasteiger partial charge in [-0.2, -0.15) is 0 Å². The Bertz CT molecular complexity index is 2710. The summed E-state index contributed by atoms with van der Waals surface area (Å²) in [4.78, 5) is 4.93. The zero-order chi connectivity index (χ0) is 31.3. The molecular formula is C44H31N3. The normalized spacial score (nSPS) is 13.5. The first-order valence-corrected chi connectivity index (χ1v) is 16.3. The molecule has 0 N–H and O–H groups in total. The molecule has 10 rings (SSSR count). The summed E-state index contributed by atoms with van der Waals surface area (Å²) in [5.74, 6) is 0. The van der Waals surface area contributed by atoms with Crippen molar-refractivity contribution < 1.29 is 0 Å². The van der Waals surface area contributed by atoms with Crippen LogP contribution >= 0.6 is 0 Å². The molecule has 0 spiro atoms. The van der Waals surface area contributed by atoms with Crippen LogP contribution in [-0.2, 0) is 5.41 Å². The Labute approximate surface area is 273 Å². The molecule has 0 amide bonds. The zero-order valence-electron chi connectivity index (χ0n) is 26.3. The van der Waals surface area contributed by atoms with Gasteiger partial charge in [-0.1, -0.05) is 92.7 Å². The number of fused-ring (bicyclic) bond motifs is 9. The first kappa shape index (κ1) is 26.3. The SMILES string of the molecule is CC1(C)c2ccccc2-c2ccc(-n3c4ccc(-c5ccc6c(c5)c5ccccc5n6-c5ccccc5)cc4c4ncccc43)cc21. The Balaban J connectivity index is 1.15. The topological polar surface area (TPSA) is 22.8 Å². The van der Waals surface area contributed by atoms with E-state index in [9.17, 15) is 0 Å². The predicted octanol–water partition coefficient (Wildman–Crippen LogP) is 11.2. The first-order valence-electron chi connectivity index (χ1n) is 16.3. The Morgan fingerprint density at radius 2 is 1.09 bits per heavy atom.